The molecule has 0 saturated carbocycles. The van der Waals surface area contributed by atoms with Crippen LogP contribution in [0.1, 0.15) is 38.1 Å². The van der Waals surface area contributed by atoms with Gasteiger partial charge < -0.3 is 0 Å². The Morgan fingerprint density at radius 2 is 1.69 bits per heavy atom. The average molecular weight is 374 g/mol. The molecule has 0 aromatic heterocycles. The van der Waals surface area contributed by atoms with E-state index < -0.39 is 15.6 Å². The summed E-state index contributed by atoms with van der Waals surface area (Å²) in [5, 5.41) is 11.1. The third-order valence-corrected chi connectivity index (χ3v) is 4.97. The fraction of sp³-hybridized carbons (Fsp3) is 0.263. The fourth-order valence-electron chi connectivity index (χ4n) is 2.05. The summed E-state index contributed by atoms with van der Waals surface area (Å²) in [4.78, 5) is 11.3. The number of rotatable bonds is 4. The second-order valence-corrected chi connectivity index (χ2v) is 8.45. The van der Waals surface area contributed by atoms with E-state index >= 15 is 0 Å². The maximum atomic E-state index is 12.6. The van der Waals surface area contributed by atoms with Gasteiger partial charge in [-0.05, 0) is 45.9 Å². The predicted octanol–water partition coefficient (Wildman–Crippen LogP) is 3.52. The van der Waals surface area contributed by atoms with Crippen LogP contribution in [0.15, 0.2) is 69.6 Å². The molecule has 0 spiro atoms. The van der Waals surface area contributed by atoms with Crippen molar-refractivity contribution in [1.82, 2.24) is 5.06 Å². The normalized spacial score (nSPS) is 17.7. The molecule has 0 amide bonds. The van der Waals surface area contributed by atoms with Gasteiger partial charge in [0.25, 0.3) is 10.0 Å². The maximum Gasteiger partial charge on any atom is 0.282 e. The van der Waals surface area contributed by atoms with Gasteiger partial charge in [0, 0.05) is 17.3 Å². The van der Waals surface area contributed by atoms with Crippen LogP contribution < -0.4 is 0 Å². The summed E-state index contributed by atoms with van der Waals surface area (Å²) < 4.78 is 29.0. The van der Waals surface area contributed by atoms with Crippen molar-refractivity contribution in [3.63, 3.8) is 0 Å². The first-order valence-corrected chi connectivity index (χ1v) is 9.46. The molecule has 1 N–H and O–H groups in total. The molecule has 2 rings (SSSR count). The third-order valence-electron chi connectivity index (χ3n) is 3.66. The van der Waals surface area contributed by atoms with Crippen LogP contribution in [0.3, 0.4) is 0 Å². The highest BCUT2D eigenvalue weighted by Crippen LogP contribution is 2.19. The van der Waals surface area contributed by atoms with Crippen LogP contribution >= 0.6 is 0 Å². The molecule has 7 heteroatoms. The maximum absolute atomic E-state index is 12.6. The molecule has 138 valence electrons. The zero-order chi connectivity index (χ0) is 19.5. The number of allylic oxidation sites excluding steroid dienone is 5. The molecule has 0 bridgehead atoms. The van der Waals surface area contributed by atoms with Crippen LogP contribution in [0.2, 0.25) is 0 Å². The number of Topliss-reactive ketones (excluding diaryl/α,β-unsaturated/α-hetero) is 1. The van der Waals surface area contributed by atoms with Gasteiger partial charge in [0.1, 0.15) is 0 Å². The quantitative estimate of drug-likeness (QED) is 0.644. The fourth-order valence-corrected chi connectivity index (χ4v) is 3.06. The minimum atomic E-state index is -3.96. The Labute approximate surface area is 153 Å². The van der Waals surface area contributed by atoms with Gasteiger partial charge in [-0.25, -0.2) is 0 Å². The zero-order valence-electron chi connectivity index (χ0n) is 15.2. The monoisotopic (exact) mass is 374 g/mol. The number of hydrogen-bond donors (Lipinski definition) is 1. The lowest BCUT2D eigenvalue weighted by atomic mass is 10.1. The van der Waals surface area contributed by atoms with Crippen LogP contribution in [0.4, 0.5) is 0 Å². The van der Waals surface area contributed by atoms with Crippen molar-refractivity contribution in [2.24, 2.45) is 4.40 Å². The second-order valence-electron chi connectivity index (χ2n) is 6.85. The van der Waals surface area contributed by atoms with Crippen molar-refractivity contribution < 1.29 is 18.4 Å². The largest absolute Gasteiger partial charge is 0.295 e. The number of hydroxylamine groups is 2. The molecule has 0 unspecified atom stereocenters. The Hall–Kier alpha value is -2.51. The first kappa shape index (κ1) is 19.8. The smallest absolute Gasteiger partial charge is 0.282 e. The van der Waals surface area contributed by atoms with Gasteiger partial charge in [-0.2, -0.15) is 12.8 Å². The molecule has 1 aromatic rings. The highest BCUT2D eigenvalue weighted by atomic mass is 32.2. The summed E-state index contributed by atoms with van der Waals surface area (Å²) in [5.41, 5.74) is 0.563. The van der Waals surface area contributed by atoms with Crippen molar-refractivity contribution in [2.45, 2.75) is 38.1 Å². The average Bonchev–Trinajstić information content (AvgIpc) is 2.55. The topological polar surface area (TPSA) is 87.0 Å². The van der Waals surface area contributed by atoms with Gasteiger partial charge >= 0.3 is 0 Å². The molecule has 1 aliphatic rings. The van der Waals surface area contributed by atoms with E-state index in [0.29, 0.717) is 11.1 Å². The van der Waals surface area contributed by atoms with E-state index in [-0.39, 0.29) is 16.4 Å². The first-order valence-electron chi connectivity index (χ1n) is 8.02. The number of carbonyl (C=O) groups is 1. The molecule has 1 aromatic carbocycles. The lowest BCUT2D eigenvalue weighted by molar-refractivity contribution is -0.110. The lowest BCUT2D eigenvalue weighted by Crippen LogP contribution is -2.34. The molecule has 0 saturated heterocycles. The molecule has 0 radical (unpaired) electrons. The molecule has 0 aliphatic heterocycles. The van der Waals surface area contributed by atoms with Gasteiger partial charge in [-0.3, -0.25) is 15.1 Å². The molecule has 26 heavy (non-hydrogen) atoms. The summed E-state index contributed by atoms with van der Waals surface area (Å²) in [6.07, 6.45) is 8.07. The highest BCUT2D eigenvalue weighted by Gasteiger charge is 2.20. The summed E-state index contributed by atoms with van der Waals surface area (Å²) >= 11 is 0. The van der Waals surface area contributed by atoms with Crippen molar-refractivity contribution in [1.29, 1.82) is 0 Å². The van der Waals surface area contributed by atoms with Crippen LogP contribution in [0.25, 0.3) is 0 Å². The lowest BCUT2D eigenvalue weighted by Gasteiger charge is -2.29. The minimum Gasteiger partial charge on any atom is -0.295 e. The number of sulfonamides is 1. The van der Waals surface area contributed by atoms with E-state index in [1.807, 2.05) is 20.8 Å². The van der Waals surface area contributed by atoms with Crippen molar-refractivity contribution >= 4 is 21.5 Å². The van der Waals surface area contributed by atoms with Gasteiger partial charge in [0.2, 0.25) is 0 Å². The third kappa shape index (κ3) is 4.77. The minimum absolute atomic E-state index is 0.00557. The van der Waals surface area contributed by atoms with Gasteiger partial charge in [-0.15, -0.1) is 0 Å². The van der Waals surface area contributed by atoms with Crippen LogP contribution in [0.5, 0.6) is 0 Å². The van der Waals surface area contributed by atoms with Gasteiger partial charge in [0.05, 0.1) is 16.1 Å². The van der Waals surface area contributed by atoms with Gasteiger partial charge in [-0.1, -0.05) is 30.4 Å². The SMILES string of the molecule is CC(=O)c1ccc(S(=O)(=O)/N=C2\C=CC=C\C2=C\N(O)C(C)(C)C)cc1. The van der Waals surface area contributed by atoms with E-state index in [1.165, 1.54) is 37.4 Å². The second kappa shape index (κ2) is 7.39. The number of benzene rings is 1. The molecule has 6 nitrogen and oxygen atoms in total. The standard InChI is InChI=1S/C19H22N2O4S/c1-14(22)15-9-11-17(12-10-15)26(24,25)20-18-8-6-5-7-16(18)13-21(23)19(2,3)4/h5-13,23H,1-4H3/b16-13-,20-18+. The summed E-state index contributed by atoms with van der Waals surface area (Å²) in [5.74, 6) is -0.143. The van der Waals surface area contributed by atoms with Gasteiger partial charge in [0.15, 0.2) is 5.78 Å². The number of hydrogen-bond acceptors (Lipinski definition) is 5. The van der Waals surface area contributed by atoms with Crippen molar-refractivity contribution in [3.05, 3.63) is 65.9 Å². The zero-order valence-corrected chi connectivity index (χ0v) is 16.0. The first-order chi connectivity index (χ1) is 12.0. The number of nitrogens with zero attached hydrogens (tertiary/aromatic N) is 2. The van der Waals surface area contributed by atoms with Crippen LogP contribution in [-0.2, 0) is 10.0 Å². The van der Waals surface area contributed by atoms with Crippen LogP contribution in [-0.4, -0.2) is 35.7 Å². The van der Waals surface area contributed by atoms with E-state index in [4.69, 9.17) is 0 Å². The van der Waals surface area contributed by atoms with E-state index in [2.05, 4.69) is 4.40 Å². The van der Waals surface area contributed by atoms with E-state index in [9.17, 15) is 18.4 Å². The molecule has 1 aliphatic carbocycles. The molecular weight excluding hydrogens is 352 g/mol. The Bertz CT molecular complexity index is 915. The van der Waals surface area contributed by atoms with Crippen LogP contribution in [0, 0.1) is 0 Å². The Morgan fingerprint density at radius 3 is 2.23 bits per heavy atom. The Morgan fingerprint density at radius 1 is 1.12 bits per heavy atom. The van der Waals surface area contributed by atoms with E-state index in [0.717, 1.165) is 5.06 Å². The van der Waals surface area contributed by atoms with Crippen molar-refractivity contribution in [3.8, 4) is 0 Å². The number of ketones is 1. The van der Waals surface area contributed by atoms with E-state index in [1.54, 1.807) is 24.3 Å². The van der Waals surface area contributed by atoms with Crippen molar-refractivity contribution in [2.75, 3.05) is 0 Å². The number of carbonyl (C=O) groups excluding carboxylic acids is 1. The summed E-state index contributed by atoms with van der Waals surface area (Å²) in [7, 11) is -3.96. The molecule has 0 fully saturated rings. The summed E-state index contributed by atoms with van der Waals surface area (Å²) in [6, 6.07) is 5.63. The molecule has 0 atom stereocenters. The molecule has 0 heterocycles. The Kier molecular flexibility index (Phi) is 5.63. The Balaban J connectivity index is 2.41. The summed E-state index contributed by atoms with van der Waals surface area (Å²) in [6.45, 7) is 6.86. The highest BCUT2D eigenvalue weighted by molar-refractivity contribution is 7.90. The predicted molar refractivity (Wildman–Crippen MR) is 101 cm³/mol. The molecular formula is C19H22N2O4S.